The van der Waals surface area contributed by atoms with Crippen molar-refractivity contribution in [2.75, 3.05) is 14.2 Å². The van der Waals surface area contributed by atoms with Crippen molar-refractivity contribution in [3.05, 3.63) is 44.8 Å². The molecular formula is C12H13N3O4. The van der Waals surface area contributed by atoms with Crippen molar-refractivity contribution in [1.82, 2.24) is 0 Å². The molecule has 7 nitrogen and oxygen atoms in total. The van der Waals surface area contributed by atoms with E-state index in [9.17, 15) is 9.59 Å². The third kappa shape index (κ3) is 3.23. The van der Waals surface area contributed by atoms with Crippen LogP contribution in [0, 0.1) is 6.92 Å². The fraction of sp³-hybridized carbons (Fsp3) is 0.333. The summed E-state index contributed by atoms with van der Waals surface area (Å²) in [6.07, 6.45) is 0. The summed E-state index contributed by atoms with van der Waals surface area (Å²) in [6.45, 7) is 1.62. The van der Waals surface area contributed by atoms with Gasteiger partial charge >= 0.3 is 11.9 Å². The standard InChI is InChI=1S/C12H13N3O4/c1-7-4-8(11(16)18-2)5-9(6-14-15-13)10(7)12(17)19-3/h4-5H,6H2,1-3H3. The Morgan fingerprint density at radius 1 is 1.26 bits per heavy atom. The summed E-state index contributed by atoms with van der Waals surface area (Å²) in [5.41, 5.74) is 9.92. The second-order valence-corrected chi connectivity index (χ2v) is 3.70. The van der Waals surface area contributed by atoms with Gasteiger partial charge < -0.3 is 9.47 Å². The molecule has 100 valence electrons. The fourth-order valence-corrected chi connectivity index (χ4v) is 1.72. The summed E-state index contributed by atoms with van der Waals surface area (Å²) in [4.78, 5) is 25.8. The van der Waals surface area contributed by atoms with Gasteiger partial charge in [-0.25, -0.2) is 9.59 Å². The average Bonchev–Trinajstić information content (AvgIpc) is 2.42. The zero-order valence-electron chi connectivity index (χ0n) is 10.8. The first-order valence-corrected chi connectivity index (χ1v) is 5.36. The molecule has 0 saturated heterocycles. The molecule has 0 atom stereocenters. The van der Waals surface area contributed by atoms with Crippen molar-refractivity contribution in [1.29, 1.82) is 0 Å². The van der Waals surface area contributed by atoms with Gasteiger partial charge in [-0.3, -0.25) is 0 Å². The van der Waals surface area contributed by atoms with Gasteiger partial charge in [0.1, 0.15) is 0 Å². The van der Waals surface area contributed by atoms with Gasteiger partial charge in [0.15, 0.2) is 0 Å². The van der Waals surface area contributed by atoms with Crippen molar-refractivity contribution in [2.24, 2.45) is 5.11 Å². The van der Waals surface area contributed by atoms with Gasteiger partial charge in [0.2, 0.25) is 0 Å². The minimum atomic E-state index is -0.544. The molecule has 0 radical (unpaired) electrons. The fourth-order valence-electron chi connectivity index (χ4n) is 1.72. The quantitative estimate of drug-likeness (QED) is 0.360. The second kappa shape index (κ2) is 6.42. The molecule has 1 aromatic carbocycles. The van der Waals surface area contributed by atoms with E-state index >= 15 is 0 Å². The molecule has 1 aromatic rings. The Morgan fingerprint density at radius 2 is 1.89 bits per heavy atom. The van der Waals surface area contributed by atoms with Crippen LogP contribution in [0.4, 0.5) is 0 Å². The van der Waals surface area contributed by atoms with Crippen molar-refractivity contribution in [3.8, 4) is 0 Å². The topological polar surface area (TPSA) is 101 Å². The smallest absolute Gasteiger partial charge is 0.338 e. The lowest BCUT2D eigenvalue weighted by atomic mass is 9.98. The van der Waals surface area contributed by atoms with Gasteiger partial charge in [-0.15, -0.1) is 0 Å². The number of hydrogen-bond donors (Lipinski definition) is 0. The number of ether oxygens (including phenoxy) is 2. The van der Waals surface area contributed by atoms with Crippen LogP contribution in [0.2, 0.25) is 0 Å². The van der Waals surface area contributed by atoms with Crippen LogP contribution < -0.4 is 0 Å². The number of aryl methyl sites for hydroxylation is 1. The van der Waals surface area contributed by atoms with Gasteiger partial charge in [0, 0.05) is 4.91 Å². The summed E-state index contributed by atoms with van der Waals surface area (Å²) >= 11 is 0. The highest BCUT2D eigenvalue weighted by molar-refractivity contribution is 5.96. The van der Waals surface area contributed by atoms with Crippen LogP contribution in [-0.4, -0.2) is 26.2 Å². The summed E-state index contributed by atoms with van der Waals surface area (Å²) in [7, 11) is 2.52. The van der Waals surface area contributed by atoms with E-state index in [1.54, 1.807) is 6.92 Å². The van der Waals surface area contributed by atoms with Gasteiger partial charge in [0.25, 0.3) is 0 Å². The van der Waals surface area contributed by atoms with Crippen LogP contribution in [0.25, 0.3) is 10.4 Å². The first-order valence-electron chi connectivity index (χ1n) is 5.36. The number of nitrogens with zero attached hydrogens (tertiary/aromatic N) is 3. The molecular weight excluding hydrogens is 250 g/mol. The van der Waals surface area contributed by atoms with Crippen LogP contribution in [-0.2, 0) is 16.0 Å². The van der Waals surface area contributed by atoms with E-state index in [2.05, 4.69) is 19.5 Å². The molecule has 0 fully saturated rings. The Bertz CT molecular complexity index is 562. The molecule has 0 aliphatic heterocycles. The maximum Gasteiger partial charge on any atom is 0.338 e. The number of methoxy groups -OCH3 is 2. The summed E-state index contributed by atoms with van der Waals surface area (Å²) < 4.78 is 9.29. The van der Waals surface area contributed by atoms with E-state index in [1.807, 2.05) is 0 Å². The van der Waals surface area contributed by atoms with E-state index in [0.29, 0.717) is 16.7 Å². The van der Waals surface area contributed by atoms with E-state index in [-0.39, 0.29) is 12.1 Å². The predicted molar refractivity (Wildman–Crippen MR) is 66.7 cm³/mol. The van der Waals surface area contributed by atoms with E-state index in [1.165, 1.54) is 26.4 Å². The molecule has 0 N–H and O–H groups in total. The van der Waals surface area contributed by atoms with Crippen LogP contribution in [0.3, 0.4) is 0 Å². The normalized spacial score (nSPS) is 9.42. The van der Waals surface area contributed by atoms with Crippen molar-refractivity contribution in [2.45, 2.75) is 13.5 Å². The Balaban J connectivity index is 3.41. The molecule has 7 heteroatoms. The van der Waals surface area contributed by atoms with Gasteiger partial charge in [-0.2, -0.15) is 0 Å². The van der Waals surface area contributed by atoms with Gasteiger partial charge in [-0.05, 0) is 35.7 Å². The maximum absolute atomic E-state index is 11.7. The van der Waals surface area contributed by atoms with Gasteiger partial charge in [-0.1, -0.05) is 5.11 Å². The van der Waals surface area contributed by atoms with E-state index in [0.717, 1.165) is 0 Å². The number of benzene rings is 1. The largest absolute Gasteiger partial charge is 0.465 e. The van der Waals surface area contributed by atoms with Crippen LogP contribution in [0.15, 0.2) is 17.2 Å². The van der Waals surface area contributed by atoms with E-state index < -0.39 is 11.9 Å². The Labute approximate surface area is 109 Å². The maximum atomic E-state index is 11.7. The monoisotopic (exact) mass is 263 g/mol. The molecule has 0 aliphatic rings. The minimum Gasteiger partial charge on any atom is -0.465 e. The molecule has 0 aliphatic carbocycles. The molecule has 0 spiro atoms. The number of hydrogen-bond acceptors (Lipinski definition) is 5. The lowest BCUT2D eigenvalue weighted by Gasteiger charge is -2.11. The number of rotatable bonds is 4. The highest BCUT2D eigenvalue weighted by Crippen LogP contribution is 2.20. The Morgan fingerprint density at radius 3 is 2.42 bits per heavy atom. The lowest BCUT2D eigenvalue weighted by Crippen LogP contribution is -2.11. The number of azide groups is 1. The van der Waals surface area contributed by atoms with E-state index in [4.69, 9.17) is 5.53 Å². The van der Waals surface area contributed by atoms with Crippen molar-refractivity contribution in [3.63, 3.8) is 0 Å². The predicted octanol–water partition coefficient (Wildman–Crippen LogP) is 2.38. The third-order valence-corrected chi connectivity index (χ3v) is 2.53. The SMILES string of the molecule is COC(=O)c1cc(C)c(C(=O)OC)c(CN=[N+]=[N-])c1. The molecule has 1 rings (SSSR count). The van der Waals surface area contributed by atoms with Crippen molar-refractivity contribution >= 4 is 11.9 Å². The molecule has 0 aromatic heterocycles. The zero-order valence-corrected chi connectivity index (χ0v) is 10.8. The first kappa shape index (κ1) is 14.5. The third-order valence-electron chi connectivity index (χ3n) is 2.53. The van der Waals surface area contributed by atoms with Crippen LogP contribution >= 0.6 is 0 Å². The zero-order chi connectivity index (χ0) is 14.4. The van der Waals surface area contributed by atoms with Gasteiger partial charge in [0.05, 0.1) is 31.9 Å². The summed E-state index contributed by atoms with van der Waals surface area (Å²) in [5, 5.41) is 3.41. The molecule has 0 amide bonds. The molecule has 0 heterocycles. The Kier molecular flexibility index (Phi) is 4.91. The highest BCUT2D eigenvalue weighted by atomic mass is 16.5. The number of carbonyl (C=O) groups excluding carboxylic acids is 2. The molecule has 0 saturated carbocycles. The average molecular weight is 263 g/mol. The summed E-state index contributed by atoms with van der Waals surface area (Å²) in [5.74, 6) is -1.07. The van der Waals surface area contributed by atoms with Crippen LogP contribution in [0.1, 0.15) is 31.8 Å². The summed E-state index contributed by atoms with van der Waals surface area (Å²) in [6, 6.07) is 2.98. The first-order chi connectivity index (χ1) is 9.04. The van der Waals surface area contributed by atoms with Crippen molar-refractivity contribution < 1.29 is 19.1 Å². The molecule has 19 heavy (non-hydrogen) atoms. The Hall–Kier alpha value is -2.53. The highest BCUT2D eigenvalue weighted by Gasteiger charge is 2.18. The number of esters is 2. The second-order valence-electron chi connectivity index (χ2n) is 3.70. The van der Waals surface area contributed by atoms with Crippen LogP contribution in [0.5, 0.6) is 0 Å². The molecule has 0 bridgehead atoms. The minimum absolute atomic E-state index is 0.0490. The lowest BCUT2D eigenvalue weighted by molar-refractivity contribution is 0.0585. The number of carbonyl (C=O) groups is 2. The molecule has 0 unspecified atom stereocenters.